The van der Waals surface area contributed by atoms with Crippen LogP contribution in [-0.4, -0.2) is 59.7 Å². The van der Waals surface area contributed by atoms with Gasteiger partial charge in [0, 0.05) is 38.5 Å². The van der Waals surface area contributed by atoms with Crippen molar-refractivity contribution in [2.45, 2.75) is 45.1 Å². The second kappa shape index (κ2) is 8.82. The summed E-state index contributed by atoms with van der Waals surface area (Å²) in [5.41, 5.74) is 2.37. The van der Waals surface area contributed by atoms with Gasteiger partial charge in [0.2, 0.25) is 0 Å². The zero-order valence-corrected chi connectivity index (χ0v) is 16.6. The molecule has 2 fully saturated rings. The van der Waals surface area contributed by atoms with Crippen molar-refractivity contribution in [3.8, 4) is 0 Å². The smallest absolute Gasteiger partial charge is 0.251 e. The topological polar surface area (TPSA) is 44.8 Å². The normalized spacial score (nSPS) is 21.5. The molecule has 1 aromatic rings. The summed E-state index contributed by atoms with van der Waals surface area (Å²) in [5.74, 6) is 0.715. The molecule has 2 atom stereocenters. The first-order valence-corrected chi connectivity index (χ1v) is 10.1. The number of ether oxygens (including phenoxy) is 1. The largest absolute Gasteiger partial charge is 0.368 e. The number of amides is 1. The number of rotatable bonds is 4. The van der Waals surface area contributed by atoms with Crippen LogP contribution in [0, 0.1) is 0 Å². The summed E-state index contributed by atoms with van der Waals surface area (Å²) in [6.45, 7) is 8.07. The van der Waals surface area contributed by atoms with Gasteiger partial charge in [-0.05, 0) is 55.1 Å². The van der Waals surface area contributed by atoms with Crippen LogP contribution in [0.15, 0.2) is 24.3 Å². The molecule has 1 amide bonds. The highest BCUT2D eigenvalue weighted by Crippen LogP contribution is 2.21. The van der Waals surface area contributed by atoms with Gasteiger partial charge in [0.25, 0.3) is 5.91 Å². The first-order valence-electron chi connectivity index (χ1n) is 9.64. The second-order valence-electron chi connectivity index (χ2n) is 7.18. The predicted molar refractivity (Wildman–Crippen MR) is 108 cm³/mol. The summed E-state index contributed by atoms with van der Waals surface area (Å²) < 4.78 is 5.51. The summed E-state index contributed by atoms with van der Waals surface area (Å²) in [7, 11) is 0. The molecule has 0 unspecified atom stereocenters. The van der Waals surface area contributed by atoms with Crippen molar-refractivity contribution < 1.29 is 9.53 Å². The Labute approximate surface area is 161 Å². The zero-order chi connectivity index (χ0) is 18.5. The van der Waals surface area contributed by atoms with E-state index >= 15 is 0 Å². The fraction of sp³-hybridized carbons (Fsp3) is 0.600. The van der Waals surface area contributed by atoms with Crippen LogP contribution in [0.25, 0.3) is 0 Å². The Hall–Kier alpha value is -1.66. The van der Waals surface area contributed by atoms with E-state index in [1.54, 1.807) is 0 Å². The number of carbonyl (C=O) groups is 1. The van der Waals surface area contributed by atoms with Crippen LogP contribution >= 0.6 is 12.2 Å². The van der Waals surface area contributed by atoms with Gasteiger partial charge in [0.05, 0.1) is 0 Å². The summed E-state index contributed by atoms with van der Waals surface area (Å²) in [6, 6.07) is 8.50. The molecule has 0 aromatic heterocycles. The lowest BCUT2D eigenvalue weighted by atomic mass is 9.99. The molecule has 0 aliphatic carbocycles. The Balaban J connectivity index is 1.48. The van der Waals surface area contributed by atoms with Gasteiger partial charge < -0.3 is 19.9 Å². The number of piperazine rings is 1. The van der Waals surface area contributed by atoms with E-state index in [-0.39, 0.29) is 12.0 Å². The molecule has 2 aliphatic rings. The third-order valence-corrected chi connectivity index (χ3v) is 5.79. The maximum absolute atomic E-state index is 12.4. The van der Waals surface area contributed by atoms with Crippen LogP contribution in [0.1, 0.15) is 44.6 Å². The number of carbonyl (C=O) groups excluding carboxylic acids is 1. The van der Waals surface area contributed by atoms with Crippen LogP contribution in [-0.2, 0) is 9.53 Å². The highest BCUT2D eigenvalue weighted by molar-refractivity contribution is 7.80. The summed E-state index contributed by atoms with van der Waals surface area (Å²) in [6.07, 6.45) is 2.75. The molecule has 1 aromatic carbocycles. The van der Waals surface area contributed by atoms with Crippen LogP contribution in [0.5, 0.6) is 0 Å². The fourth-order valence-electron chi connectivity index (χ4n) is 3.44. The standard InChI is InChI=1S/C20H29N3O2S/c1-3-15(2)16-6-8-17(9-7-16)21-20(26)23-12-10-22(11-13-23)19(24)18-5-4-14-25-18/h6-9,15,18H,3-5,10-14H2,1-2H3,(H,21,26)/t15-,18+/m0/s1. The zero-order valence-electron chi connectivity index (χ0n) is 15.7. The number of hydrogen-bond donors (Lipinski definition) is 1. The molecule has 0 bridgehead atoms. The maximum Gasteiger partial charge on any atom is 0.251 e. The molecule has 142 valence electrons. The number of anilines is 1. The van der Waals surface area contributed by atoms with Crippen molar-refractivity contribution in [2.24, 2.45) is 0 Å². The molecule has 0 saturated carbocycles. The maximum atomic E-state index is 12.4. The molecule has 1 N–H and O–H groups in total. The minimum atomic E-state index is -0.226. The van der Waals surface area contributed by atoms with Crippen LogP contribution in [0.3, 0.4) is 0 Å². The van der Waals surface area contributed by atoms with Crippen molar-refractivity contribution in [1.29, 1.82) is 0 Å². The van der Waals surface area contributed by atoms with Gasteiger partial charge in [0.15, 0.2) is 5.11 Å². The Morgan fingerprint density at radius 2 is 1.88 bits per heavy atom. The van der Waals surface area contributed by atoms with Gasteiger partial charge in [-0.1, -0.05) is 26.0 Å². The van der Waals surface area contributed by atoms with E-state index in [1.807, 2.05) is 4.90 Å². The molecular weight excluding hydrogens is 346 g/mol. The lowest BCUT2D eigenvalue weighted by Crippen LogP contribution is -2.53. The number of hydrogen-bond acceptors (Lipinski definition) is 3. The van der Waals surface area contributed by atoms with E-state index in [9.17, 15) is 4.79 Å². The lowest BCUT2D eigenvalue weighted by molar-refractivity contribution is -0.142. The highest BCUT2D eigenvalue weighted by Gasteiger charge is 2.30. The van der Waals surface area contributed by atoms with Crippen molar-refractivity contribution in [2.75, 3.05) is 38.1 Å². The molecule has 5 nitrogen and oxygen atoms in total. The van der Waals surface area contributed by atoms with Crippen molar-refractivity contribution in [3.63, 3.8) is 0 Å². The van der Waals surface area contributed by atoms with Gasteiger partial charge in [0.1, 0.15) is 6.10 Å². The van der Waals surface area contributed by atoms with Gasteiger partial charge >= 0.3 is 0 Å². The molecule has 0 radical (unpaired) electrons. The molecular formula is C20H29N3O2S. The van der Waals surface area contributed by atoms with Crippen molar-refractivity contribution >= 4 is 28.9 Å². The third-order valence-electron chi connectivity index (χ3n) is 5.43. The summed E-state index contributed by atoms with van der Waals surface area (Å²) in [5, 5.41) is 4.05. The molecule has 2 heterocycles. The van der Waals surface area contributed by atoms with Gasteiger partial charge in [-0.25, -0.2) is 0 Å². The lowest BCUT2D eigenvalue weighted by Gasteiger charge is -2.37. The first kappa shape index (κ1) is 19.1. The van der Waals surface area contributed by atoms with Crippen LogP contribution in [0.2, 0.25) is 0 Å². The van der Waals surface area contributed by atoms with Gasteiger partial charge in [-0.2, -0.15) is 0 Å². The monoisotopic (exact) mass is 375 g/mol. The van der Waals surface area contributed by atoms with Crippen molar-refractivity contribution in [3.05, 3.63) is 29.8 Å². The Morgan fingerprint density at radius 3 is 2.46 bits per heavy atom. The number of thiocarbonyl (C=S) groups is 1. The number of benzene rings is 1. The van der Waals surface area contributed by atoms with E-state index in [0.29, 0.717) is 25.6 Å². The minimum absolute atomic E-state index is 0.140. The fourth-order valence-corrected chi connectivity index (χ4v) is 3.74. The molecule has 6 heteroatoms. The van der Waals surface area contributed by atoms with E-state index in [4.69, 9.17) is 17.0 Å². The van der Waals surface area contributed by atoms with E-state index in [1.165, 1.54) is 5.56 Å². The summed E-state index contributed by atoms with van der Waals surface area (Å²) in [4.78, 5) is 16.5. The molecule has 2 aliphatic heterocycles. The highest BCUT2D eigenvalue weighted by atomic mass is 32.1. The van der Waals surface area contributed by atoms with Crippen molar-refractivity contribution in [1.82, 2.24) is 9.80 Å². The Morgan fingerprint density at radius 1 is 1.23 bits per heavy atom. The minimum Gasteiger partial charge on any atom is -0.368 e. The van der Waals surface area contributed by atoms with Crippen LogP contribution in [0.4, 0.5) is 5.69 Å². The molecule has 26 heavy (non-hydrogen) atoms. The number of nitrogens with one attached hydrogen (secondary N) is 1. The van der Waals surface area contributed by atoms with E-state index < -0.39 is 0 Å². The first-order chi connectivity index (χ1) is 12.6. The van der Waals surface area contributed by atoms with Gasteiger partial charge in [-0.15, -0.1) is 0 Å². The molecule has 2 saturated heterocycles. The quantitative estimate of drug-likeness (QED) is 0.819. The third kappa shape index (κ3) is 4.54. The van der Waals surface area contributed by atoms with E-state index in [2.05, 4.69) is 48.3 Å². The predicted octanol–water partition coefficient (Wildman–Crippen LogP) is 3.22. The Bertz CT molecular complexity index is 620. The van der Waals surface area contributed by atoms with Gasteiger partial charge in [-0.3, -0.25) is 4.79 Å². The van der Waals surface area contributed by atoms with E-state index in [0.717, 1.165) is 43.2 Å². The summed E-state index contributed by atoms with van der Waals surface area (Å²) >= 11 is 5.56. The molecule has 0 spiro atoms. The number of nitrogens with zero attached hydrogens (tertiary/aromatic N) is 2. The molecule has 3 rings (SSSR count). The average molecular weight is 376 g/mol. The van der Waals surface area contributed by atoms with Crippen LogP contribution < -0.4 is 5.32 Å². The average Bonchev–Trinajstić information content (AvgIpc) is 3.22. The SMILES string of the molecule is CC[C@H](C)c1ccc(NC(=S)N2CCN(C(=O)[C@H]3CCCO3)CC2)cc1. The Kier molecular flexibility index (Phi) is 6.48. The second-order valence-corrected chi connectivity index (χ2v) is 7.56.